The Hall–Kier alpha value is -0.900. The molecule has 4 heterocycles. The molecule has 4 saturated heterocycles. The van der Waals surface area contributed by atoms with Gasteiger partial charge in [0.15, 0.2) is 18.9 Å². The summed E-state index contributed by atoms with van der Waals surface area (Å²) in [6.45, 7) is -3.73. The zero-order chi connectivity index (χ0) is 33.2. The summed E-state index contributed by atoms with van der Waals surface area (Å²) in [5.74, 6) is -11.6. The molecule has 0 aliphatic carbocycles. The number of aliphatic hydroxyl groups excluding tert-OH is 6. The van der Waals surface area contributed by atoms with Crippen molar-refractivity contribution >= 4 is 20.8 Å². The molecule has 0 aromatic rings. The van der Waals surface area contributed by atoms with E-state index in [1.807, 2.05) is 0 Å². The van der Waals surface area contributed by atoms with Crippen LogP contribution in [0.25, 0.3) is 0 Å². The van der Waals surface area contributed by atoms with Crippen LogP contribution in [-0.2, 0) is 57.0 Å². The van der Waals surface area contributed by atoms with Crippen molar-refractivity contribution < 1.29 is 98.5 Å². The lowest BCUT2D eigenvalue weighted by Gasteiger charge is -2.53. The van der Waals surface area contributed by atoms with Gasteiger partial charge in [-0.3, -0.25) is 4.55 Å². The molecule has 44 heavy (non-hydrogen) atoms. The van der Waals surface area contributed by atoms with Crippen molar-refractivity contribution in [3.63, 3.8) is 0 Å². The van der Waals surface area contributed by atoms with Crippen LogP contribution in [0, 0.1) is 0 Å². The number of nitrogens with two attached hydrogens (primary N) is 3. The van der Waals surface area contributed by atoms with E-state index in [2.05, 4.69) is 12.5 Å². The van der Waals surface area contributed by atoms with Gasteiger partial charge in [0, 0.05) is 0 Å². The Labute approximate surface area is 247 Å². The van der Waals surface area contributed by atoms with Crippen LogP contribution in [0.5, 0.6) is 0 Å². The molecule has 15 atom stereocenters. The fourth-order valence-corrected chi connectivity index (χ4v) is 6.72. The smallest absolute Gasteiger partial charge is 0.394 e. The average molecular weight is 692 g/mol. The first kappa shape index (κ1) is 35.9. The summed E-state index contributed by atoms with van der Waals surface area (Å²) in [6, 6.07) is -5.55. The van der Waals surface area contributed by atoms with E-state index in [1.165, 1.54) is 0 Å². The topological polar surface area (TPSA) is 402 Å². The number of fused-ring (bicyclic) bond motifs is 1. The van der Waals surface area contributed by atoms with Crippen LogP contribution < -0.4 is 17.2 Å². The van der Waals surface area contributed by atoms with Gasteiger partial charge in [-0.2, -0.15) is 16.8 Å². The van der Waals surface area contributed by atoms with E-state index in [-0.39, 0.29) is 0 Å². The van der Waals surface area contributed by atoms with E-state index < -0.39 is 132 Å². The normalized spacial score (nSPS) is 51.2. The van der Waals surface area contributed by atoms with E-state index in [4.69, 9.17) is 40.9 Å². The molecule has 4 fully saturated rings. The highest BCUT2D eigenvalue weighted by molar-refractivity contribution is 7.82. The molecule has 0 bridgehead atoms. The molecule has 2 unspecified atom stereocenters. The third-order valence-corrected chi connectivity index (χ3v) is 8.74. The molecule has 0 spiro atoms. The average Bonchev–Trinajstić information content (AvgIpc) is 3.14. The zero-order valence-corrected chi connectivity index (χ0v) is 23.7. The van der Waals surface area contributed by atoms with Crippen LogP contribution >= 0.6 is 0 Å². The number of aliphatic hydroxyl groups is 8. The maximum absolute atomic E-state index is 12.1. The van der Waals surface area contributed by atoms with Crippen molar-refractivity contribution in [2.45, 2.75) is 91.0 Å². The van der Waals surface area contributed by atoms with Crippen LogP contribution in [0.2, 0.25) is 0 Å². The lowest BCUT2D eigenvalue weighted by Crippen LogP contribution is -2.82. The monoisotopic (exact) mass is 691 g/mol. The van der Waals surface area contributed by atoms with Crippen molar-refractivity contribution in [2.75, 3.05) is 19.8 Å². The molecule has 258 valence electrons. The summed E-state index contributed by atoms with van der Waals surface area (Å²) < 4.78 is 96.0. The van der Waals surface area contributed by atoms with E-state index in [0.717, 1.165) is 0 Å². The van der Waals surface area contributed by atoms with Gasteiger partial charge >= 0.3 is 26.6 Å². The molecule has 0 saturated carbocycles. The van der Waals surface area contributed by atoms with Gasteiger partial charge in [0.05, 0.1) is 25.3 Å². The van der Waals surface area contributed by atoms with Crippen molar-refractivity contribution in [1.29, 1.82) is 0 Å². The molecular weight excluding hydrogens is 658 g/mol. The summed E-state index contributed by atoms with van der Waals surface area (Å²) in [5, 5.41) is 82.7. The molecule has 26 heteroatoms. The van der Waals surface area contributed by atoms with E-state index >= 15 is 0 Å². The van der Waals surface area contributed by atoms with Gasteiger partial charge in [-0.25, -0.2) is 12.5 Å². The van der Waals surface area contributed by atoms with Crippen molar-refractivity contribution in [3.05, 3.63) is 0 Å². The summed E-state index contributed by atoms with van der Waals surface area (Å²) in [4.78, 5) is 0. The molecular formula is C18H33N3O21S2. The maximum atomic E-state index is 12.1. The Morgan fingerprint density at radius 3 is 1.86 bits per heavy atom. The molecule has 0 amide bonds. The lowest BCUT2D eigenvalue weighted by molar-refractivity contribution is -0.487. The first-order valence-electron chi connectivity index (χ1n) is 12.4. The van der Waals surface area contributed by atoms with Crippen LogP contribution in [0.1, 0.15) is 0 Å². The fraction of sp³-hybridized carbons (Fsp3) is 1.00. The predicted octanol–water partition coefficient (Wildman–Crippen LogP) is -9.58. The predicted molar refractivity (Wildman–Crippen MR) is 128 cm³/mol. The standard InChI is InChI=1S/C18H33N3O21S2/c19-6-8(25)10(4(1-22)35-13(6)27)37-14-7(20)9(26)11(5(2-23)36-14)38-15-12(21)17(28)18(29,42-44(33,34)41-17)16(3-24,39-15)40-43(30,31)32/h4-15,22-29H,1-3,19-21H2,(H,30,31,32)/t4-,5-,6-,7-,8-,9-,10?,11?,12-,13-,14+,15+,16-,17-,18-/m1/s1. The summed E-state index contributed by atoms with van der Waals surface area (Å²) in [5.41, 5.74) is 17.5. The maximum Gasteiger partial charge on any atom is 0.406 e. The van der Waals surface area contributed by atoms with Crippen LogP contribution in [0.3, 0.4) is 0 Å². The zero-order valence-electron chi connectivity index (χ0n) is 22.0. The third kappa shape index (κ3) is 5.98. The van der Waals surface area contributed by atoms with E-state index in [0.29, 0.717) is 0 Å². The van der Waals surface area contributed by atoms with Crippen molar-refractivity contribution in [2.24, 2.45) is 17.2 Å². The molecule has 0 radical (unpaired) electrons. The van der Waals surface area contributed by atoms with Crippen LogP contribution in [-0.4, -0.2) is 173 Å². The Morgan fingerprint density at radius 2 is 1.34 bits per heavy atom. The van der Waals surface area contributed by atoms with Crippen LogP contribution in [0.4, 0.5) is 0 Å². The minimum absolute atomic E-state index is 0.795. The Bertz CT molecular complexity index is 1260. The van der Waals surface area contributed by atoms with Gasteiger partial charge in [0.25, 0.3) is 11.6 Å². The molecule has 24 nitrogen and oxygen atoms in total. The second-order valence-electron chi connectivity index (χ2n) is 10.2. The molecule has 4 rings (SSSR count). The van der Waals surface area contributed by atoms with Gasteiger partial charge in [-0.1, -0.05) is 0 Å². The number of hydrogen-bond acceptors (Lipinski definition) is 23. The lowest BCUT2D eigenvalue weighted by atomic mass is 9.87. The minimum atomic E-state index is -5.79. The van der Waals surface area contributed by atoms with Gasteiger partial charge in [-0.05, 0) is 0 Å². The van der Waals surface area contributed by atoms with Gasteiger partial charge in [0.2, 0.25) is 0 Å². The quantitative estimate of drug-likeness (QED) is 0.0998. The third-order valence-electron chi connectivity index (χ3n) is 7.36. The molecule has 4 aliphatic heterocycles. The highest BCUT2D eigenvalue weighted by Gasteiger charge is 2.83. The summed E-state index contributed by atoms with van der Waals surface area (Å²) >= 11 is 0. The van der Waals surface area contributed by atoms with E-state index in [9.17, 15) is 62.2 Å². The highest BCUT2D eigenvalue weighted by Crippen LogP contribution is 2.52. The fourth-order valence-electron chi connectivity index (χ4n) is 5.07. The van der Waals surface area contributed by atoms with Crippen LogP contribution in [0.15, 0.2) is 0 Å². The molecule has 0 aromatic heterocycles. The second kappa shape index (κ2) is 12.3. The first-order chi connectivity index (χ1) is 20.2. The van der Waals surface area contributed by atoms with Gasteiger partial charge < -0.3 is 81.7 Å². The minimum Gasteiger partial charge on any atom is -0.394 e. The largest absolute Gasteiger partial charge is 0.406 e. The van der Waals surface area contributed by atoms with Crippen molar-refractivity contribution in [1.82, 2.24) is 0 Å². The molecule has 0 aromatic carbocycles. The Morgan fingerprint density at radius 1 is 0.818 bits per heavy atom. The Balaban J connectivity index is 1.62. The first-order valence-corrected chi connectivity index (χ1v) is 15.1. The number of hydrogen-bond donors (Lipinski definition) is 12. The van der Waals surface area contributed by atoms with Gasteiger partial charge in [-0.15, -0.1) is 0 Å². The molecule has 4 aliphatic rings. The summed E-state index contributed by atoms with van der Waals surface area (Å²) in [6.07, 6.45) is -16.1. The second-order valence-corrected chi connectivity index (χ2v) is 12.3. The number of ether oxygens (including phenoxy) is 5. The summed E-state index contributed by atoms with van der Waals surface area (Å²) in [7, 11) is -11.2. The SMILES string of the molecule is N[C@H]1[C@H](OC2[C@@H](CO)O[C@@H](O)[C@H](N)[C@H]2O)O[C@H](CO)C(O[C@H]2O[C@](CO)(OS(=O)(=O)O)[C@@]3(O)OS(=O)(=O)O[C@]3(O)[C@@H]2N)[C@@H]1O. The van der Waals surface area contributed by atoms with E-state index in [1.54, 1.807) is 0 Å². The molecule has 15 N–H and O–H groups in total. The van der Waals surface area contributed by atoms with Gasteiger partial charge in [0.1, 0.15) is 49.3 Å². The van der Waals surface area contributed by atoms with Crippen molar-refractivity contribution in [3.8, 4) is 0 Å². The number of rotatable bonds is 9. The highest BCUT2D eigenvalue weighted by atomic mass is 32.3. The Kier molecular flexibility index (Phi) is 10.0.